The highest BCUT2D eigenvalue weighted by Crippen LogP contribution is 2.34. The van der Waals surface area contributed by atoms with E-state index >= 15 is 0 Å². The number of benzene rings is 2. The van der Waals surface area contributed by atoms with Gasteiger partial charge in [0.05, 0.1) is 11.8 Å². The van der Waals surface area contributed by atoms with Gasteiger partial charge in [0.1, 0.15) is 6.54 Å². The molecule has 0 unspecified atom stereocenters. The van der Waals surface area contributed by atoms with Crippen LogP contribution in [-0.4, -0.2) is 34.4 Å². The Hall–Kier alpha value is -4.66. The number of anilines is 1. The Morgan fingerprint density at radius 3 is 2.85 bits per heavy atom. The summed E-state index contributed by atoms with van der Waals surface area (Å²) in [5.41, 5.74) is 5.18. The molecule has 0 atom stereocenters. The summed E-state index contributed by atoms with van der Waals surface area (Å²) in [5, 5.41) is 7.86. The van der Waals surface area contributed by atoms with Crippen LogP contribution >= 0.6 is 0 Å². The predicted octanol–water partition coefficient (Wildman–Crippen LogP) is 3.17. The highest BCUT2D eigenvalue weighted by molar-refractivity contribution is 6.01. The Morgan fingerprint density at radius 1 is 1.09 bits per heavy atom. The van der Waals surface area contributed by atoms with Crippen molar-refractivity contribution in [2.45, 2.75) is 6.54 Å². The molecule has 9 heteroatoms. The van der Waals surface area contributed by atoms with Gasteiger partial charge in [0.25, 0.3) is 5.91 Å². The van der Waals surface area contributed by atoms with Crippen LogP contribution in [0.25, 0.3) is 10.9 Å². The molecule has 0 aliphatic carbocycles. The summed E-state index contributed by atoms with van der Waals surface area (Å²) in [7, 11) is 0. The third-order valence-electron chi connectivity index (χ3n) is 5.08. The third kappa shape index (κ3) is 4.38. The van der Waals surface area contributed by atoms with Gasteiger partial charge in [-0.2, -0.15) is 5.10 Å². The van der Waals surface area contributed by atoms with Crippen LogP contribution in [0.2, 0.25) is 0 Å². The molecular formula is C24H19N5O4. The predicted molar refractivity (Wildman–Crippen MR) is 122 cm³/mol. The van der Waals surface area contributed by atoms with Gasteiger partial charge >= 0.3 is 0 Å². The molecule has 0 bridgehead atoms. The number of pyridine rings is 1. The SMILES string of the molecule is O=C(Cn1cc(/C=N/NC(=O)c2cccnc2)c2ccccc21)Nc1ccc2c(c1)OCO2. The van der Waals surface area contributed by atoms with Gasteiger partial charge in [0, 0.05) is 46.8 Å². The Balaban J connectivity index is 1.31. The van der Waals surface area contributed by atoms with Gasteiger partial charge in [0.2, 0.25) is 12.7 Å². The number of ether oxygens (including phenoxy) is 2. The summed E-state index contributed by atoms with van der Waals surface area (Å²) < 4.78 is 12.5. The summed E-state index contributed by atoms with van der Waals surface area (Å²) in [6.45, 7) is 0.278. The van der Waals surface area contributed by atoms with E-state index in [-0.39, 0.29) is 25.2 Å². The van der Waals surface area contributed by atoms with E-state index in [9.17, 15) is 9.59 Å². The summed E-state index contributed by atoms with van der Waals surface area (Å²) >= 11 is 0. The monoisotopic (exact) mass is 441 g/mol. The number of hydrogen-bond acceptors (Lipinski definition) is 6. The number of aromatic nitrogens is 2. The van der Waals surface area contributed by atoms with E-state index in [0.717, 1.165) is 16.5 Å². The van der Waals surface area contributed by atoms with Gasteiger partial charge in [-0.05, 0) is 30.3 Å². The van der Waals surface area contributed by atoms with Gasteiger partial charge in [0.15, 0.2) is 11.5 Å². The van der Waals surface area contributed by atoms with Crippen molar-refractivity contribution < 1.29 is 19.1 Å². The van der Waals surface area contributed by atoms with Crippen LogP contribution < -0.4 is 20.2 Å². The second-order valence-corrected chi connectivity index (χ2v) is 7.29. The average Bonchev–Trinajstić information content (AvgIpc) is 3.44. The van der Waals surface area contributed by atoms with E-state index in [1.54, 1.807) is 42.7 Å². The van der Waals surface area contributed by atoms with Crippen molar-refractivity contribution in [3.05, 3.63) is 84.3 Å². The molecule has 2 N–H and O–H groups in total. The zero-order chi connectivity index (χ0) is 22.6. The largest absolute Gasteiger partial charge is 0.454 e. The van der Waals surface area contributed by atoms with E-state index in [0.29, 0.717) is 22.7 Å². The molecule has 33 heavy (non-hydrogen) atoms. The van der Waals surface area contributed by atoms with Gasteiger partial charge < -0.3 is 19.4 Å². The van der Waals surface area contributed by atoms with Crippen molar-refractivity contribution in [1.29, 1.82) is 0 Å². The second kappa shape index (κ2) is 8.83. The highest BCUT2D eigenvalue weighted by Gasteiger charge is 2.15. The molecule has 0 fully saturated rings. The van der Waals surface area contributed by atoms with E-state index < -0.39 is 0 Å². The number of rotatable bonds is 6. The van der Waals surface area contributed by atoms with Crippen LogP contribution in [0.4, 0.5) is 5.69 Å². The smallest absolute Gasteiger partial charge is 0.272 e. The molecule has 2 amide bonds. The molecule has 164 valence electrons. The van der Waals surface area contributed by atoms with Gasteiger partial charge in [-0.15, -0.1) is 0 Å². The zero-order valence-corrected chi connectivity index (χ0v) is 17.4. The lowest BCUT2D eigenvalue weighted by Crippen LogP contribution is -2.18. The van der Waals surface area contributed by atoms with Crippen LogP contribution in [0.15, 0.2) is 78.3 Å². The molecule has 1 aliphatic rings. The molecule has 0 saturated heterocycles. The molecule has 5 rings (SSSR count). The van der Waals surface area contributed by atoms with Gasteiger partial charge in [-0.3, -0.25) is 14.6 Å². The number of carbonyl (C=O) groups excluding carboxylic acids is 2. The maximum Gasteiger partial charge on any atom is 0.272 e. The summed E-state index contributed by atoms with van der Waals surface area (Å²) in [6.07, 6.45) is 6.44. The lowest BCUT2D eigenvalue weighted by Gasteiger charge is -2.08. The second-order valence-electron chi connectivity index (χ2n) is 7.29. The summed E-state index contributed by atoms with van der Waals surface area (Å²) in [4.78, 5) is 28.8. The van der Waals surface area contributed by atoms with Crippen LogP contribution in [0, 0.1) is 0 Å². The molecule has 9 nitrogen and oxygen atoms in total. The maximum absolute atomic E-state index is 12.7. The fourth-order valence-corrected chi connectivity index (χ4v) is 3.56. The van der Waals surface area contributed by atoms with Crippen molar-refractivity contribution in [3.8, 4) is 11.5 Å². The fraction of sp³-hybridized carbons (Fsp3) is 0.0833. The third-order valence-corrected chi connectivity index (χ3v) is 5.08. The number of fused-ring (bicyclic) bond motifs is 2. The minimum absolute atomic E-state index is 0.102. The topological polar surface area (TPSA) is 107 Å². The van der Waals surface area contributed by atoms with Crippen molar-refractivity contribution in [3.63, 3.8) is 0 Å². The molecule has 3 heterocycles. The number of nitrogens with zero attached hydrogens (tertiary/aromatic N) is 3. The highest BCUT2D eigenvalue weighted by atomic mass is 16.7. The van der Waals surface area contributed by atoms with Crippen molar-refractivity contribution in [2.75, 3.05) is 12.1 Å². The van der Waals surface area contributed by atoms with Crippen LogP contribution in [0.5, 0.6) is 11.5 Å². The molecule has 2 aromatic carbocycles. The first-order valence-corrected chi connectivity index (χ1v) is 10.2. The Bertz CT molecular complexity index is 1360. The number of para-hydroxylation sites is 1. The van der Waals surface area contributed by atoms with Crippen LogP contribution in [0.3, 0.4) is 0 Å². The lowest BCUT2D eigenvalue weighted by atomic mass is 10.2. The van der Waals surface area contributed by atoms with E-state index in [4.69, 9.17) is 9.47 Å². The molecule has 4 aromatic rings. The minimum Gasteiger partial charge on any atom is -0.454 e. The zero-order valence-electron chi connectivity index (χ0n) is 17.4. The van der Waals surface area contributed by atoms with Crippen molar-refractivity contribution in [2.24, 2.45) is 5.10 Å². The number of nitrogens with one attached hydrogen (secondary N) is 2. The van der Waals surface area contributed by atoms with E-state index in [2.05, 4.69) is 20.8 Å². The van der Waals surface area contributed by atoms with Crippen molar-refractivity contribution >= 4 is 34.6 Å². The normalized spacial score (nSPS) is 12.2. The van der Waals surface area contributed by atoms with Gasteiger partial charge in [-0.25, -0.2) is 5.43 Å². The summed E-state index contributed by atoms with van der Waals surface area (Å²) in [5.74, 6) is 0.712. The standard InChI is InChI=1S/C24H19N5O4/c30-23(27-18-7-8-21-22(10-18)33-15-32-21)14-29-13-17(19-5-1-2-6-20(19)29)12-26-28-24(31)16-4-3-9-25-11-16/h1-13H,14-15H2,(H,27,30)(H,28,31)/b26-12+. The van der Waals surface area contributed by atoms with Crippen LogP contribution in [-0.2, 0) is 11.3 Å². The molecular weight excluding hydrogens is 422 g/mol. The maximum atomic E-state index is 12.7. The first kappa shape index (κ1) is 20.3. The first-order chi connectivity index (χ1) is 16.2. The number of hydrazone groups is 1. The minimum atomic E-state index is -0.355. The molecule has 0 spiro atoms. The Labute approximate surface area is 188 Å². The van der Waals surface area contributed by atoms with E-state index in [1.165, 1.54) is 6.20 Å². The van der Waals surface area contributed by atoms with Crippen molar-refractivity contribution in [1.82, 2.24) is 15.0 Å². The first-order valence-electron chi connectivity index (χ1n) is 10.2. The number of amides is 2. The number of carbonyl (C=O) groups is 2. The van der Waals surface area contributed by atoms with Crippen LogP contribution in [0.1, 0.15) is 15.9 Å². The Kier molecular flexibility index (Phi) is 5.42. The van der Waals surface area contributed by atoms with Gasteiger partial charge in [-0.1, -0.05) is 18.2 Å². The average molecular weight is 441 g/mol. The Morgan fingerprint density at radius 2 is 1.97 bits per heavy atom. The molecule has 1 aliphatic heterocycles. The molecule has 2 aromatic heterocycles. The fourth-order valence-electron chi connectivity index (χ4n) is 3.56. The summed E-state index contributed by atoms with van der Waals surface area (Å²) in [6, 6.07) is 16.3. The molecule has 0 radical (unpaired) electrons. The lowest BCUT2D eigenvalue weighted by molar-refractivity contribution is -0.116. The number of hydrogen-bond donors (Lipinski definition) is 2. The van der Waals surface area contributed by atoms with E-state index in [1.807, 2.05) is 35.0 Å². The quantitative estimate of drug-likeness (QED) is 0.353. The molecule has 0 saturated carbocycles.